The Kier molecular flexibility index (Phi) is 3.74. The molecule has 17 heavy (non-hydrogen) atoms. The number of H-pyrrole nitrogens is 1. The van der Waals surface area contributed by atoms with Crippen molar-refractivity contribution in [2.75, 3.05) is 31.1 Å². The number of piperazine rings is 1. The van der Waals surface area contributed by atoms with E-state index in [4.69, 9.17) is 23.2 Å². The lowest BCUT2D eigenvalue weighted by Crippen LogP contribution is -2.49. The molecule has 92 valence electrons. The molecule has 0 aromatic carbocycles. The van der Waals surface area contributed by atoms with Crippen molar-refractivity contribution in [1.82, 2.24) is 4.90 Å². The summed E-state index contributed by atoms with van der Waals surface area (Å²) in [6, 6.07) is 1.71. The Bertz CT molecular complexity index is 431. The zero-order valence-electron chi connectivity index (χ0n) is 9.54. The molecule has 0 aliphatic carbocycles. The maximum absolute atomic E-state index is 11.2. The predicted octanol–water partition coefficient (Wildman–Crippen LogP) is 1.48. The first-order valence-electron chi connectivity index (χ1n) is 5.45. The molecule has 0 unspecified atom stereocenters. The number of hydrogen-bond donors (Lipinski definition) is 0. The monoisotopic (exact) mass is 274 g/mol. The predicted molar refractivity (Wildman–Crippen MR) is 67.5 cm³/mol. The molecule has 1 amide bonds. The Hall–Kier alpha value is -1.000. The van der Waals surface area contributed by atoms with Gasteiger partial charge >= 0.3 is 0 Å². The molecule has 1 fully saturated rings. The Morgan fingerprint density at radius 1 is 1.29 bits per heavy atom. The number of hydrogen-bond acceptors (Lipinski definition) is 2. The number of carbonyl (C=O) groups excluding carboxylic acids is 1. The van der Waals surface area contributed by atoms with Crippen molar-refractivity contribution in [1.29, 1.82) is 0 Å². The largest absolute Gasteiger partial charge is 0.335 e. The minimum absolute atomic E-state index is 0.121. The number of nitrogens with zero attached hydrogens (tertiary/aromatic N) is 2. The van der Waals surface area contributed by atoms with Crippen LogP contribution in [0.1, 0.15) is 6.92 Å². The third kappa shape index (κ3) is 2.82. The van der Waals surface area contributed by atoms with Crippen molar-refractivity contribution in [2.24, 2.45) is 0 Å². The van der Waals surface area contributed by atoms with E-state index in [0.29, 0.717) is 10.0 Å². The summed E-state index contributed by atoms with van der Waals surface area (Å²) in [6.07, 6.45) is 1.71. The molecule has 1 saturated heterocycles. The number of aromatic nitrogens is 1. The first kappa shape index (κ1) is 12.5. The van der Waals surface area contributed by atoms with Crippen LogP contribution in [0, 0.1) is 0 Å². The van der Waals surface area contributed by atoms with E-state index in [1.807, 2.05) is 4.90 Å². The van der Waals surface area contributed by atoms with E-state index < -0.39 is 0 Å². The third-order valence-electron chi connectivity index (χ3n) is 2.88. The van der Waals surface area contributed by atoms with Gasteiger partial charge in [0.25, 0.3) is 5.82 Å². The maximum atomic E-state index is 11.2. The maximum Gasteiger partial charge on any atom is 0.293 e. The molecule has 0 spiro atoms. The van der Waals surface area contributed by atoms with Gasteiger partial charge in [0.05, 0.1) is 18.1 Å². The highest BCUT2D eigenvalue weighted by Gasteiger charge is 2.26. The molecule has 0 bridgehead atoms. The van der Waals surface area contributed by atoms with Gasteiger partial charge in [0.1, 0.15) is 24.3 Å². The number of aromatic amines is 1. The number of halogens is 2. The van der Waals surface area contributed by atoms with Crippen molar-refractivity contribution in [2.45, 2.75) is 6.92 Å². The van der Waals surface area contributed by atoms with E-state index in [-0.39, 0.29) is 5.91 Å². The summed E-state index contributed by atoms with van der Waals surface area (Å²) in [6.45, 7) is 4.59. The van der Waals surface area contributed by atoms with Gasteiger partial charge in [0, 0.05) is 6.92 Å². The SMILES string of the molecule is CC(=O)N1CCN(c2[nH+]cc(Cl)cc2Cl)CC1. The van der Waals surface area contributed by atoms with Crippen LogP contribution in [-0.2, 0) is 4.79 Å². The van der Waals surface area contributed by atoms with Crippen LogP contribution in [0.3, 0.4) is 0 Å². The quantitative estimate of drug-likeness (QED) is 0.778. The number of anilines is 1. The number of carbonyl (C=O) groups is 1. The first-order chi connectivity index (χ1) is 8.08. The van der Waals surface area contributed by atoms with Crippen molar-refractivity contribution < 1.29 is 9.78 Å². The van der Waals surface area contributed by atoms with Crippen LogP contribution in [0.4, 0.5) is 5.82 Å². The second-order valence-electron chi connectivity index (χ2n) is 4.01. The molecule has 1 N–H and O–H groups in total. The summed E-state index contributed by atoms with van der Waals surface area (Å²) in [7, 11) is 0. The van der Waals surface area contributed by atoms with Gasteiger partial charge in [-0.15, -0.1) is 0 Å². The number of pyridine rings is 1. The third-order valence-corrected chi connectivity index (χ3v) is 3.39. The minimum atomic E-state index is 0.121. The molecule has 1 aliphatic rings. The molecule has 0 saturated carbocycles. The lowest BCUT2D eigenvalue weighted by atomic mass is 10.3. The van der Waals surface area contributed by atoms with Gasteiger partial charge in [0.15, 0.2) is 0 Å². The summed E-state index contributed by atoms with van der Waals surface area (Å²) in [5.74, 6) is 0.982. The molecule has 2 heterocycles. The second-order valence-corrected chi connectivity index (χ2v) is 4.85. The molecular weight excluding hydrogens is 261 g/mol. The van der Waals surface area contributed by atoms with Crippen LogP contribution < -0.4 is 9.88 Å². The molecule has 1 aromatic heterocycles. The first-order valence-corrected chi connectivity index (χ1v) is 6.20. The van der Waals surface area contributed by atoms with Crippen LogP contribution >= 0.6 is 23.2 Å². The average molecular weight is 275 g/mol. The van der Waals surface area contributed by atoms with Gasteiger partial charge in [-0.2, -0.15) is 0 Å². The van der Waals surface area contributed by atoms with Crippen LogP contribution in [0.5, 0.6) is 0 Å². The van der Waals surface area contributed by atoms with E-state index in [9.17, 15) is 4.79 Å². The van der Waals surface area contributed by atoms with E-state index >= 15 is 0 Å². The number of amides is 1. The van der Waals surface area contributed by atoms with Crippen LogP contribution in [0.25, 0.3) is 0 Å². The molecule has 0 atom stereocenters. The molecular formula is C11H14Cl2N3O+. The number of nitrogens with one attached hydrogen (secondary N) is 1. The highest BCUT2D eigenvalue weighted by molar-refractivity contribution is 6.35. The molecule has 2 rings (SSSR count). The van der Waals surface area contributed by atoms with Crippen molar-refractivity contribution in [3.8, 4) is 0 Å². The zero-order valence-corrected chi connectivity index (χ0v) is 11.1. The van der Waals surface area contributed by atoms with Crippen LogP contribution in [0.15, 0.2) is 12.3 Å². The molecule has 4 nitrogen and oxygen atoms in total. The fraction of sp³-hybridized carbons (Fsp3) is 0.455. The smallest absolute Gasteiger partial charge is 0.293 e. The minimum Gasteiger partial charge on any atom is -0.335 e. The second kappa shape index (κ2) is 5.10. The van der Waals surface area contributed by atoms with Gasteiger partial charge < -0.3 is 4.90 Å². The highest BCUT2D eigenvalue weighted by atomic mass is 35.5. The van der Waals surface area contributed by atoms with Crippen LogP contribution in [-0.4, -0.2) is 37.0 Å². The lowest BCUT2D eigenvalue weighted by Gasteiger charge is -2.30. The topological polar surface area (TPSA) is 37.7 Å². The summed E-state index contributed by atoms with van der Waals surface area (Å²) >= 11 is 12.0. The Labute approximate surface area is 110 Å². The van der Waals surface area contributed by atoms with Gasteiger partial charge in [-0.1, -0.05) is 23.2 Å². The summed E-state index contributed by atoms with van der Waals surface area (Å²) in [4.78, 5) is 18.2. The Morgan fingerprint density at radius 2 is 1.94 bits per heavy atom. The van der Waals surface area contributed by atoms with Crippen molar-refractivity contribution in [3.63, 3.8) is 0 Å². The summed E-state index contributed by atoms with van der Waals surface area (Å²) in [5, 5.41) is 1.19. The van der Waals surface area contributed by atoms with Crippen molar-refractivity contribution >= 4 is 34.9 Å². The van der Waals surface area contributed by atoms with Crippen molar-refractivity contribution in [3.05, 3.63) is 22.3 Å². The van der Waals surface area contributed by atoms with Gasteiger partial charge in [-0.3, -0.25) is 9.69 Å². The molecule has 1 aliphatic heterocycles. The summed E-state index contributed by atoms with van der Waals surface area (Å²) < 4.78 is 0. The fourth-order valence-corrected chi connectivity index (χ4v) is 2.44. The fourth-order valence-electron chi connectivity index (χ4n) is 1.92. The van der Waals surface area contributed by atoms with Gasteiger partial charge in [0.2, 0.25) is 5.91 Å². The van der Waals surface area contributed by atoms with Gasteiger partial charge in [-0.25, -0.2) is 4.98 Å². The lowest BCUT2D eigenvalue weighted by molar-refractivity contribution is -0.364. The van der Waals surface area contributed by atoms with E-state index in [2.05, 4.69) is 9.88 Å². The Morgan fingerprint density at radius 3 is 2.47 bits per heavy atom. The normalized spacial score (nSPS) is 16.2. The molecule has 0 radical (unpaired) electrons. The summed E-state index contributed by atoms with van der Waals surface area (Å²) in [5.41, 5.74) is 0. The average Bonchev–Trinajstić information content (AvgIpc) is 2.29. The van der Waals surface area contributed by atoms with E-state index in [0.717, 1.165) is 32.0 Å². The number of rotatable bonds is 1. The van der Waals surface area contributed by atoms with E-state index in [1.165, 1.54) is 0 Å². The standard InChI is InChI=1S/C11H13Cl2N3O/c1-8(17)15-2-4-16(5-3-15)11-10(13)6-9(12)7-14-11/h6-7H,2-5H2,1H3/p+1. The van der Waals surface area contributed by atoms with E-state index in [1.54, 1.807) is 19.2 Å². The molecule has 6 heteroatoms. The highest BCUT2D eigenvalue weighted by Crippen LogP contribution is 2.24. The molecule has 1 aromatic rings. The Balaban J connectivity index is 2.08. The van der Waals surface area contributed by atoms with Crippen LogP contribution in [0.2, 0.25) is 10.0 Å². The zero-order chi connectivity index (χ0) is 12.4. The van der Waals surface area contributed by atoms with Gasteiger partial charge in [-0.05, 0) is 6.07 Å².